The fourth-order valence-electron chi connectivity index (χ4n) is 4.66. The van der Waals surface area contributed by atoms with Gasteiger partial charge in [0.1, 0.15) is 27.7 Å². The number of benzene rings is 3. The van der Waals surface area contributed by atoms with Crippen LogP contribution in [-0.2, 0) is 31.6 Å². The molecule has 0 aliphatic carbocycles. The van der Waals surface area contributed by atoms with Crippen LogP contribution in [0.3, 0.4) is 0 Å². The lowest BCUT2D eigenvalue weighted by Gasteiger charge is -2.26. The third kappa shape index (κ3) is 5.51. The van der Waals surface area contributed by atoms with Gasteiger partial charge in [-0.1, -0.05) is 30.3 Å². The molecule has 4 aromatic rings. The molecule has 2 N–H and O–H groups in total. The highest BCUT2D eigenvalue weighted by Crippen LogP contribution is 2.44. The Labute approximate surface area is 242 Å². The average Bonchev–Trinajstić information content (AvgIpc) is 3.41. The number of nitrogens with two attached hydrogens (primary N) is 1. The molecule has 5 rings (SSSR count). The van der Waals surface area contributed by atoms with E-state index in [4.69, 9.17) is 14.9 Å². The third-order valence-electron chi connectivity index (χ3n) is 7.46. The lowest BCUT2D eigenvalue weighted by Crippen LogP contribution is -2.43. The second-order valence-electron chi connectivity index (χ2n) is 11.0. The summed E-state index contributed by atoms with van der Waals surface area (Å²) in [5, 5.41) is 7.70. The van der Waals surface area contributed by atoms with Gasteiger partial charge in [0.2, 0.25) is 11.8 Å². The number of para-hydroxylation sites is 1. The molecule has 1 amide bonds. The van der Waals surface area contributed by atoms with Crippen molar-refractivity contribution in [2.24, 2.45) is 5.73 Å². The first-order valence-corrected chi connectivity index (χ1v) is 15.0. The first-order valence-electron chi connectivity index (χ1n) is 13.1. The summed E-state index contributed by atoms with van der Waals surface area (Å²) in [4.78, 5) is 14.8. The third-order valence-corrected chi connectivity index (χ3v) is 9.49. The van der Waals surface area contributed by atoms with Crippen molar-refractivity contribution in [1.82, 2.24) is 10.2 Å². The Bertz CT molecular complexity index is 1740. The van der Waals surface area contributed by atoms with Crippen LogP contribution in [0, 0.1) is 5.82 Å². The van der Waals surface area contributed by atoms with E-state index in [1.807, 2.05) is 30.3 Å². The lowest BCUT2D eigenvalue weighted by molar-refractivity contribution is -0.120. The zero-order valence-electron chi connectivity index (χ0n) is 23.5. The molecule has 3 aromatic carbocycles. The molecule has 0 fully saturated rings. The Morgan fingerprint density at radius 1 is 1.10 bits per heavy atom. The first kappa shape index (κ1) is 29.3. The van der Waals surface area contributed by atoms with E-state index in [9.17, 15) is 13.2 Å². The molecule has 2 heterocycles. The number of nitrogens with zero attached hydrogens (tertiary/aromatic N) is 3. The number of hydrogen-bond donors (Lipinski definition) is 1. The van der Waals surface area contributed by atoms with Crippen LogP contribution in [0.5, 0.6) is 11.5 Å². The van der Waals surface area contributed by atoms with Crippen molar-refractivity contribution < 1.29 is 31.1 Å². The summed E-state index contributed by atoms with van der Waals surface area (Å²) in [6.45, 7) is 4.03. The molecular weight excluding hydrogens is 566 g/mol. The van der Waals surface area contributed by atoms with E-state index < -0.39 is 38.0 Å². The van der Waals surface area contributed by atoms with Crippen molar-refractivity contribution in [3.8, 4) is 23.0 Å². The predicted molar refractivity (Wildman–Crippen MR) is 153 cm³/mol. The molecule has 12 heteroatoms. The fraction of sp³-hybridized carbons (Fsp3) is 0.300. The van der Waals surface area contributed by atoms with E-state index in [1.54, 1.807) is 24.3 Å². The van der Waals surface area contributed by atoms with Crippen LogP contribution >= 0.6 is 0 Å². The van der Waals surface area contributed by atoms with Gasteiger partial charge in [-0.15, -0.1) is 10.2 Å². The lowest BCUT2D eigenvalue weighted by atomic mass is 9.90. The van der Waals surface area contributed by atoms with Crippen molar-refractivity contribution >= 4 is 21.4 Å². The summed E-state index contributed by atoms with van der Waals surface area (Å²) < 4.78 is 65.9. The van der Waals surface area contributed by atoms with Crippen molar-refractivity contribution in [2.45, 2.75) is 50.2 Å². The smallest absolute Gasteiger partial charge is 0.250 e. The number of alkyl halides is 1. The van der Waals surface area contributed by atoms with Gasteiger partial charge in [-0.2, -0.15) is 0 Å². The topological polar surface area (TPSA) is 129 Å². The summed E-state index contributed by atoms with van der Waals surface area (Å²) in [6, 6.07) is 17.3. The van der Waals surface area contributed by atoms with E-state index in [0.717, 1.165) is 12.3 Å². The quantitative estimate of drug-likeness (QED) is 0.301. The van der Waals surface area contributed by atoms with Gasteiger partial charge < -0.3 is 19.8 Å². The number of halogens is 2. The Morgan fingerprint density at radius 3 is 2.38 bits per heavy atom. The monoisotopic (exact) mass is 596 g/mol. The summed E-state index contributed by atoms with van der Waals surface area (Å²) in [5.41, 5.74) is 4.48. The molecule has 1 aliphatic rings. The van der Waals surface area contributed by atoms with Gasteiger partial charge >= 0.3 is 0 Å². The second kappa shape index (κ2) is 10.6. The SMILES string of the molecule is CC1(F)C[C@@H](N)C(=O)N(Cc2ccc(Oc3ccccc3)cc2)c2cc(-c3nnc(C(C)(C)S(C)(=O)=O)o3)c(F)cc21. The van der Waals surface area contributed by atoms with Crippen LogP contribution in [0.2, 0.25) is 0 Å². The molecule has 0 radical (unpaired) electrons. The molecule has 2 atom stereocenters. The van der Waals surface area contributed by atoms with E-state index in [2.05, 4.69) is 10.2 Å². The average molecular weight is 597 g/mol. The van der Waals surface area contributed by atoms with Gasteiger partial charge in [0.05, 0.1) is 23.8 Å². The number of anilines is 1. The molecule has 9 nitrogen and oxygen atoms in total. The van der Waals surface area contributed by atoms with E-state index >= 15 is 8.78 Å². The molecular formula is C30H30F2N4O5S. The Morgan fingerprint density at radius 2 is 1.74 bits per heavy atom. The van der Waals surface area contributed by atoms with Crippen LogP contribution in [0.15, 0.2) is 71.1 Å². The summed E-state index contributed by atoms with van der Waals surface area (Å²) >= 11 is 0. The van der Waals surface area contributed by atoms with Crippen molar-refractivity contribution in [3.63, 3.8) is 0 Å². The molecule has 0 saturated heterocycles. The first-order chi connectivity index (χ1) is 19.7. The number of fused-ring (bicyclic) bond motifs is 1. The van der Waals surface area contributed by atoms with Crippen LogP contribution in [0.25, 0.3) is 11.5 Å². The molecule has 0 bridgehead atoms. The fourth-order valence-corrected chi connectivity index (χ4v) is 5.06. The highest BCUT2D eigenvalue weighted by Gasteiger charge is 2.42. The number of sulfone groups is 1. The van der Waals surface area contributed by atoms with Gasteiger partial charge in [0, 0.05) is 18.2 Å². The number of ether oxygens (including phenoxy) is 1. The van der Waals surface area contributed by atoms with Crippen LogP contribution in [-0.4, -0.2) is 36.8 Å². The Kier molecular flexibility index (Phi) is 7.40. The van der Waals surface area contributed by atoms with Gasteiger partial charge in [-0.3, -0.25) is 4.79 Å². The largest absolute Gasteiger partial charge is 0.457 e. The summed E-state index contributed by atoms with van der Waals surface area (Å²) in [5.74, 6) is -0.745. The van der Waals surface area contributed by atoms with Gasteiger partial charge in [0.25, 0.3) is 5.89 Å². The van der Waals surface area contributed by atoms with Crippen molar-refractivity contribution in [2.75, 3.05) is 11.2 Å². The second-order valence-corrected chi connectivity index (χ2v) is 13.6. The van der Waals surface area contributed by atoms with Crippen LogP contribution < -0.4 is 15.4 Å². The molecule has 220 valence electrons. The Balaban J connectivity index is 1.54. The zero-order valence-corrected chi connectivity index (χ0v) is 24.3. The molecule has 1 unspecified atom stereocenters. The minimum atomic E-state index is -3.66. The molecule has 1 aromatic heterocycles. The van der Waals surface area contributed by atoms with E-state index in [1.165, 1.54) is 31.7 Å². The highest BCUT2D eigenvalue weighted by molar-refractivity contribution is 7.91. The van der Waals surface area contributed by atoms with Gasteiger partial charge in [-0.25, -0.2) is 17.2 Å². The Hall–Kier alpha value is -4.16. The number of amides is 1. The highest BCUT2D eigenvalue weighted by atomic mass is 32.2. The minimum absolute atomic E-state index is 0.00248. The minimum Gasteiger partial charge on any atom is -0.457 e. The van der Waals surface area contributed by atoms with Gasteiger partial charge in [-0.05, 0) is 62.7 Å². The number of carbonyl (C=O) groups is 1. The maximum atomic E-state index is 16.0. The molecule has 42 heavy (non-hydrogen) atoms. The van der Waals surface area contributed by atoms with Crippen molar-refractivity contribution in [1.29, 1.82) is 0 Å². The van der Waals surface area contributed by atoms with E-state index in [0.29, 0.717) is 17.1 Å². The van der Waals surface area contributed by atoms with E-state index in [-0.39, 0.29) is 41.6 Å². The molecule has 0 saturated carbocycles. The summed E-state index contributed by atoms with van der Waals surface area (Å²) in [6.07, 6.45) is 0.667. The normalized spacial score (nSPS) is 19.4. The maximum absolute atomic E-state index is 16.0. The summed E-state index contributed by atoms with van der Waals surface area (Å²) in [7, 11) is -3.66. The molecule has 0 spiro atoms. The van der Waals surface area contributed by atoms with Crippen LogP contribution in [0.4, 0.5) is 14.5 Å². The zero-order chi connectivity index (χ0) is 30.4. The number of rotatable bonds is 7. The van der Waals surface area contributed by atoms with Crippen LogP contribution in [0.1, 0.15) is 44.2 Å². The number of aromatic nitrogens is 2. The van der Waals surface area contributed by atoms with Crippen molar-refractivity contribution in [3.05, 3.63) is 89.6 Å². The predicted octanol–water partition coefficient (Wildman–Crippen LogP) is 5.40. The maximum Gasteiger partial charge on any atom is 0.250 e. The molecule has 1 aliphatic heterocycles. The standard InChI is InChI=1S/C30H30F2N4O5S/c1-29(2,42(4,38)39)28-35-34-26(41-28)21-14-25-22(15-23(21)31)30(3,32)16-24(33)27(37)36(25)17-18-10-12-20(13-11-18)40-19-8-6-5-7-9-19/h5-15,24H,16-17,33H2,1-4H3/t24-,30?/m1/s1. The van der Waals surface area contributed by atoms with Gasteiger partial charge in [0.15, 0.2) is 9.84 Å². The number of hydrogen-bond acceptors (Lipinski definition) is 8. The number of carbonyl (C=O) groups excluding carboxylic acids is 1.